The molecule has 1 heterocycles. The van der Waals surface area contributed by atoms with E-state index < -0.39 is 21.3 Å². The number of carbonyl (C=O) groups is 1. The zero-order valence-corrected chi connectivity index (χ0v) is 14.9. The van der Waals surface area contributed by atoms with E-state index in [-0.39, 0.29) is 10.8 Å². The Morgan fingerprint density at radius 2 is 1.69 bits per heavy atom. The number of rotatable bonds is 3. The number of hydrogen-bond acceptors (Lipinski definition) is 3. The zero-order chi connectivity index (χ0) is 18.4. The van der Waals surface area contributed by atoms with Crippen LogP contribution in [0.4, 0.5) is 15.8 Å². The maximum atomic E-state index is 13.0. The van der Waals surface area contributed by atoms with Crippen molar-refractivity contribution in [3.8, 4) is 0 Å². The molecular formula is C19H19FN2O3S. The van der Waals surface area contributed by atoms with Crippen LogP contribution in [-0.4, -0.2) is 14.3 Å². The van der Waals surface area contributed by atoms with E-state index in [1.165, 1.54) is 12.1 Å². The second-order valence-electron chi connectivity index (χ2n) is 6.92. The summed E-state index contributed by atoms with van der Waals surface area (Å²) in [7, 11) is -3.83. The molecule has 1 aliphatic heterocycles. The Morgan fingerprint density at radius 1 is 1.00 bits per heavy atom. The van der Waals surface area contributed by atoms with E-state index in [0.717, 1.165) is 55.5 Å². The lowest BCUT2D eigenvalue weighted by Crippen LogP contribution is -2.36. The molecule has 0 unspecified atom stereocenters. The van der Waals surface area contributed by atoms with E-state index in [1.807, 2.05) is 0 Å². The summed E-state index contributed by atoms with van der Waals surface area (Å²) in [5.74, 6) is -0.490. The van der Waals surface area contributed by atoms with Gasteiger partial charge in [0.25, 0.3) is 10.0 Å². The highest BCUT2D eigenvalue weighted by molar-refractivity contribution is 7.92. The highest BCUT2D eigenvalue weighted by Gasteiger charge is 2.47. The molecule has 0 atom stereocenters. The second-order valence-corrected chi connectivity index (χ2v) is 8.60. The van der Waals surface area contributed by atoms with Crippen LogP contribution in [-0.2, 0) is 20.2 Å². The lowest BCUT2D eigenvalue weighted by molar-refractivity contribution is -0.121. The Morgan fingerprint density at radius 3 is 2.38 bits per heavy atom. The van der Waals surface area contributed by atoms with Gasteiger partial charge >= 0.3 is 0 Å². The zero-order valence-electron chi connectivity index (χ0n) is 14.1. The standard InChI is InChI=1S/C19H19FN2O3S/c20-13-4-7-15(8-5-13)26(24,25)22-14-6-9-17-16(12-14)19(18(23)21-17)10-2-1-3-11-19/h4-9,12,22H,1-3,10-11H2,(H,21,23). The average Bonchev–Trinajstić information content (AvgIpc) is 2.87. The summed E-state index contributed by atoms with van der Waals surface area (Å²) in [6.45, 7) is 0. The van der Waals surface area contributed by atoms with Crippen LogP contribution in [0.25, 0.3) is 0 Å². The summed E-state index contributed by atoms with van der Waals surface area (Å²) < 4.78 is 40.6. The number of sulfonamides is 1. The maximum Gasteiger partial charge on any atom is 0.261 e. The molecule has 1 fully saturated rings. The lowest BCUT2D eigenvalue weighted by atomic mass is 9.70. The van der Waals surface area contributed by atoms with Gasteiger partial charge in [0.05, 0.1) is 10.3 Å². The van der Waals surface area contributed by atoms with Crippen LogP contribution in [0.2, 0.25) is 0 Å². The molecule has 2 N–H and O–H groups in total. The van der Waals surface area contributed by atoms with Crippen LogP contribution in [0, 0.1) is 5.82 Å². The number of hydrogen-bond donors (Lipinski definition) is 2. The molecule has 26 heavy (non-hydrogen) atoms. The molecule has 0 saturated heterocycles. The van der Waals surface area contributed by atoms with Crippen molar-refractivity contribution in [1.29, 1.82) is 0 Å². The van der Waals surface area contributed by atoms with Crippen LogP contribution in [0.1, 0.15) is 37.7 Å². The number of amides is 1. The Balaban J connectivity index is 1.68. The maximum absolute atomic E-state index is 13.0. The summed E-state index contributed by atoms with van der Waals surface area (Å²) in [5, 5.41) is 2.93. The van der Waals surface area contributed by atoms with Gasteiger partial charge in [0.2, 0.25) is 5.91 Å². The van der Waals surface area contributed by atoms with E-state index >= 15 is 0 Å². The molecule has 2 aromatic carbocycles. The van der Waals surface area contributed by atoms with Crippen LogP contribution in [0.3, 0.4) is 0 Å². The van der Waals surface area contributed by atoms with Gasteiger partial charge in [0.15, 0.2) is 0 Å². The first-order chi connectivity index (χ1) is 12.4. The highest BCUT2D eigenvalue weighted by atomic mass is 32.2. The molecular weight excluding hydrogens is 355 g/mol. The predicted octanol–water partition coefficient (Wildman–Crippen LogP) is 3.78. The van der Waals surface area contributed by atoms with Gasteiger partial charge in [-0.3, -0.25) is 9.52 Å². The predicted molar refractivity (Wildman–Crippen MR) is 97.0 cm³/mol. The number of nitrogens with one attached hydrogen (secondary N) is 2. The number of carbonyl (C=O) groups excluding carboxylic acids is 1. The molecule has 2 aliphatic rings. The van der Waals surface area contributed by atoms with Gasteiger partial charge in [-0.25, -0.2) is 12.8 Å². The van der Waals surface area contributed by atoms with Crippen LogP contribution in [0.15, 0.2) is 47.4 Å². The molecule has 0 aromatic heterocycles. The molecule has 0 bridgehead atoms. The molecule has 0 radical (unpaired) electrons. The minimum Gasteiger partial charge on any atom is -0.325 e. The molecule has 1 saturated carbocycles. The number of anilines is 2. The first-order valence-corrected chi connectivity index (χ1v) is 10.1. The first kappa shape index (κ1) is 17.0. The topological polar surface area (TPSA) is 75.3 Å². The van der Waals surface area contributed by atoms with Crippen molar-refractivity contribution in [2.45, 2.75) is 42.4 Å². The fourth-order valence-electron chi connectivity index (χ4n) is 3.96. The van der Waals surface area contributed by atoms with E-state index in [9.17, 15) is 17.6 Å². The monoisotopic (exact) mass is 374 g/mol. The minimum atomic E-state index is -3.83. The summed E-state index contributed by atoms with van der Waals surface area (Å²) in [6, 6.07) is 9.77. The third kappa shape index (κ3) is 2.76. The van der Waals surface area contributed by atoms with E-state index in [4.69, 9.17) is 0 Å². The number of halogens is 1. The fourth-order valence-corrected chi connectivity index (χ4v) is 5.01. The van der Waals surface area contributed by atoms with Crippen molar-refractivity contribution < 1.29 is 17.6 Å². The summed E-state index contributed by atoms with van der Waals surface area (Å²) >= 11 is 0. The molecule has 2 aromatic rings. The molecule has 1 amide bonds. The third-order valence-electron chi connectivity index (χ3n) is 5.30. The summed E-state index contributed by atoms with van der Waals surface area (Å²) in [5.41, 5.74) is 1.46. The third-order valence-corrected chi connectivity index (χ3v) is 6.70. The van der Waals surface area contributed by atoms with Crippen LogP contribution < -0.4 is 10.0 Å². The SMILES string of the molecule is O=C1Nc2ccc(NS(=O)(=O)c3ccc(F)cc3)cc2C12CCCCC2. The Hall–Kier alpha value is -2.41. The smallest absolute Gasteiger partial charge is 0.261 e. The van der Waals surface area contributed by atoms with Gasteiger partial charge in [-0.15, -0.1) is 0 Å². The Labute approximate surface area is 151 Å². The first-order valence-electron chi connectivity index (χ1n) is 8.65. The van der Waals surface area contributed by atoms with Crippen molar-refractivity contribution >= 4 is 27.3 Å². The summed E-state index contributed by atoms with van der Waals surface area (Å²) in [4.78, 5) is 12.6. The van der Waals surface area contributed by atoms with Gasteiger partial charge < -0.3 is 5.32 Å². The molecule has 1 aliphatic carbocycles. The molecule has 4 rings (SSSR count). The fraction of sp³-hybridized carbons (Fsp3) is 0.316. The van der Waals surface area contributed by atoms with E-state index in [2.05, 4.69) is 10.0 Å². The van der Waals surface area contributed by atoms with Gasteiger partial charge in [0, 0.05) is 11.4 Å². The van der Waals surface area contributed by atoms with Crippen molar-refractivity contribution in [3.05, 3.63) is 53.8 Å². The molecule has 136 valence electrons. The largest absolute Gasteiger partial charge is 0.325 e. The van der Waals surface area contributed by atoms with Gasteiger partial charge in [-0.1, -0.05) is 19.3 Å². The van der Waals surface area contributed by atoms with Gasteiger partial charge in [-0.2, -0.15) is 0 Å². The van der Waals surface area contributed by atoms with Crippen molar-refractivity contribution in [1.82, 2.24) is 0 Å². The van der Waals surface area contributed by atoms with Crippen LogP contribution >= 0.6 is 0 Å². The van der Waals surface area contributed by atoms with Gasteiger partial charge in [0.1, 0.15) is 5.82 Å². The van der Waals surface area contributed by atoms with E-state index in [1.54, 1.807) is 18.2 Å². The normalized spacial score (nSPS) is 18.4. The van der Waals surface area contributed by atoms with E-state index in [0.29, 0.717) is 5.69 Å². The lowest BCUT2D eigenvalue weighted by Gasteiger charge is -2.31. The van der Waals surface area contributed by atoms with Crippen molar-refractivity contribution in [2.75, 3.05) is 10.0 Å². The average molecular weight is 374 g/mol. The van der Waals surface area contributed by atoms with Crippen molar-refractivity contribution in [2.24, 2.45) is 0 Å². The number of fused-ring (bicyclic) bond motifs is 2. The minimum absolute atomic E-state index is 0.00532. The second kappa shape index (κ2) is 6.09. The molecule has 5 nitrogen and oxygen atoms in total. The quantitative estimate of drug-likeness (QED) is 0.858. The Bertz CT molecular complexity index is 965. The Kier molecular flexibility index (Phi) is 3.99. The van der Waals surface area contributed by atoms with Crippen molar-refractivity contribution in [3.63, 3.8) is 0 Å². The van der Waals surface area contributed by atoms with Gasteiger partial charge in [-0.05, 0) is 60.9 Å². The summed E-state index contributed by atoms with van der Waals surface area (Å²) in [6.07, 6.45) is 4.64. The highest BCUT2D eigenvalue weighted by Crippen LogP contribution is 2.48. The number of benzene rings is 2. The van der Waals surface area contributed by atoms with Crippen LogP contribution in [0.5, 0.6) is 0 Å². The molecule has 1 spiro atoms. The molecule has 7 heteroatoms.